The third-order valence-electron chi connectivity index (χ3n) is 1.63. The van der Waals surface area contributed by atoms with Crippen LogP contribution in [0.4, 0.5) is 0 Å². The molecule has 0 amide bonds. The fraction of sp³-hybridized carbons (Fsp3) is 0.200. The predicted molar refractivity (Wildman–Crippen MR) is 51.3 cm³/mol. The van der Waals surface area contributed by atoms with Crippen LogP contribution in [0.5, 0.6) is 0 Å². The van der Waals surface area contributed by atoms with Crippen molar-refractivity contribution in [2.24, 2.45) is 0 Å². The van der Waals surface area contributed by atoms with Crippen LogP contribution in [0.1, 0.15) is 17.2 Å². The molecule has 0 heterocycles. The van der Waals surface area contributed by atoms with E-state index in [0.717, 1.165) is 11.1 Å². The average Bonchev–Trinajstić information content (AvgIpc) is 2.01. The Kier molecular flexibility index (Phi) is 2.90. The van der Waals surface area contributed by atoms with Crippen LogP contribution in [0, 0.1) is 6.92 Å². The zero-order valence-corrected chi connectivity index (χ0v) is 7.67. The Bertz CT molecular complexity index is 274. The maximum atomic E-state index is 9.40. The first kappa shape index (κ1) is 9.30. The van der Waals surface area contributed by atoms with Gasteiger partial charge in [-0.2, -0.15) is 0 Å². The smallest absolute Gasteiger partial charge is 0.0969 e. The van der Waals surface area contributed by atoms with E-state index in [-0.39, 0.29) is 0 Å². The van der Waals surface area contributed by atoms with E-state index in [4.69, 9.17) is 11.6 Å². The van der Waals surface area contributed by atoms with Gasteiger partial charge in [-0.1, -0.05) is 23.7 Å². The van der Waals surface area contributed by atoms with Crippen molar-refractivity contribution in [2.75, 3.05) is 0 Å². The summed E-state index contributed by atoms with van der Waals surface area (Å²) < 4.78 is 0. The molecule has 64 valence electrons. The lowest BCUT2D eigenvalue weighted by atomic mass is 10.1. The van der Waals surface area contributed by atoms with Crippen molar-refractivity contribution in [3.05, 3.63) is 47.0 Å². The van der Waals surface area contributed by atoms with E-state index in [1.165, 1.54) is 6.08 Å². The number of hydrogen-bond acceptors (Lipinski definition) is 1. The van der Waals surface area contributed by atoms with E-state index < -0.39 is 6.10 Å². The molecule has 0 fully saturated rings. The van der Waals surface area contributed by atoms with Gasteiger partial charge in [0, 0.05) is 5.02 Å². The number of halogens is 1. The lowest BCUT2D eigenvalue weighted by Crippen LogP contribution is -1.92. The molecule has 0 saturated heterocycles. The maximum absolute atomic E-state index is 9.40. The second-order valence-corrected chi connectivity index (χ2v) is 3.18. The molecule has 1 aromatic rings. The SMILES string of the molecule is C=CC(O)c1cc(C)cc(Cl)c1. The standard InChI is InChI=1S/C10H11ClO/c1-3-10(12)8-4-7(2)5-9(11)6-8/h3-6,10,12H,1H2,2H3. The van der Waals surface area contributed by atoms with Crippen LogP contribution in [0.15, 0.2) is 30.9 Å². The molecule has 0 bridgehead atoms. The highest BCUT2D eigenvalue weighted by Crippen LogP contribution is 2.20. The topological polar surface area (TPSA) is 20.2 Å². The Morgan fingerprint density at radius 1 is 1.50 bits per heavy atom. The van der Waals surface area contributed by atoms with Gasteiger partial charge in [0.1, 0.15) is 0 Å². The van der Waals surface area contributed by atoms with Crippen LogP contribution < -0.4 is 0 Å². The second kappa shape index (κ2) is 3.74. The van der Waals surface area contributed by atoms with Gasteiger partial charge in [-0.25, -0.2) is 0 Å². The summed E-state index contributed by atoms with van der Waals surface area (Å²) in [5.41, 5.74) is 1.83. The van der Waals surface area contributed by atoms with E-state index >= 15 is 0 Å². The second-order valence-electron chi connectivity index (χ2n) is 2.74. The summed E-state index contributed by atoms with van der Waals surface area (Å²) in [6, 6.07) is 5.47. The Labute approximate surface area is 77.3 Å². The van der Waals surface area contributed by atoms with Gasteiger partial charge in [0.15, 0.2) is 0 Å². The molecule has 0 radical (unpaired) electrons. The zero-order chi connectivity index (χ0) is 9.14. The number of benzene rings is 1. The normalized spacial score (nSPS) is 12.6. The minimum Gasteiger partial charge on any atom is -0.384 e. The van der Waals surface area contributed by atoms with Gasteiger partial charge >= 0.3 is 0 Å². The molecule has 1 unspecified atom stereocenters. The first-order valence-corrected chi connectivity index (χ1v) is 4.09. The van der Waals surface area contributed by atoms with E-state index in [0.29, 0.717) is 5.02 Å². The average molecular weight is 183 g/mol. The molecule has 0 aliphatic rings. The molecular weight excluding hydrogens is 172 g/mol. The number of aliphatic hydroxyl groups is 1. The fourth-order valence-electron chi connectivity index (χ4n) is 1.07. The minimum atomic E-state index is -0.623. The summed E-state index contributed by atoms with van der Waals surface area (Å²) in [4.78, 5) is 0. The van der Waals surface area contributed by atoms with Crippen LogP contribution in [0.3, 0.4) is 0 Å². The molecule has 0 aliphatic carbocycles. The summed E-state index contributed by atoms with van der Waals surface area (Å²) in [6.45, 7) is 5.44. The largest absolute Gasteiger partial charge is 0.384 e. The third kappa shape index (κ3) is 2.10. The van der Waals surface area contributed by atoms with Gasteiger partial charge in [0.05, 0.1) is 6.10 Å². The Hall–Kier alpha value is -0.790. The van der Waals surface area contributed by atoms with Gasteiger partial charge in [-0.15, -0.1) is 6.58 Å². The quantitative estimate of drug-likeness (QED) is 0.698. The van der Waals surface area contributed by atoms with Crippen molar-refractivity contribution in [2.45, 2.75) is 13.0 Å². The third-order valence-corrected chi connectivity index (χ3v) is 1.85. The molecule has 12 heavy (non-hydrogen) atoms. The molecule has 1 rings (SSSR count). The van der Waals surface area contributed by atoms with Gasteiger partial charge in [0.2, 0.25) is 0 Å². The summed E-state index contributed by atoms with van der Waals surface area (Å²) in [7, 11) is 0. The van der Waals surface area contributed by atoms with Gasteiger partial charge in [0.25, 0.3) is 0 Å². The first-order chi connectivity index (χ1) is 5.63. The van der Waals surface area contributed by atoms with Crippen LogP contribution >= 0.6 is 11.6 Å². The van der Waals surface area contributed by atoms with Crippen molar-refractivity contribution in [1.82, 2.24) is 0 Å². The summed E-state index contributed by atoms with van der Waals surface area (Å²) in [5.74, 6) is 0. The van der Waals surface area contributed by atoms with Crippen molar-refractivity contribution in [3.63, 3.8) is 0 Å². The molecule has 1 N–H and O–H groups in total. The van der Waals surface area contributed by atoms with Crippen molar-refractivity contribution in [3.8, 4) is 0 Å². The predicted octanol–water partition coefficient (Wildman–Crippen LogP) is 2.87. The lowest BCUT2D eigenvalue weighted by Gasteiger charge is -2.06. The van der Waals surface area contributed by atoms with Crippen molar-refractivity contribution >= 4 is 11.6 Å². The lowest BCUT2D eigenvalue weighted by molar-refractivity contribution is 0.229. The molecule has 1 nitrogen and oxygen atoms in total. The van der Waals surface area contributed by atoms with Crippen LogP contribution in [0.2, 0.25) is 5.02 Å². The maximum Gasteiger partial charge on any atom is 0.0969 e. The molecule has 0 saturated carbocycles. The van der Waals surface area contributed by atoms with Crippen LogP contribution in [-0.4, -0.2) is 5.11 Å². The summed E-state index contributed by atoms with van der Waals surface area (Å²) >= 11 is 5.81. The van der Waals surface area contributed by atoms with E-state index in [1.54, 1.807) is 6.07 Å². The van der Waals surface area contributed by atoms with E-state index in [1.807, 2.05) is 19.1 Å². The van der Waals surface area contributed by atoms with Crippen LogP contribution in [0.25, 0.3) is 0 Å². The van der Waals surface area contributed by atoms with Crippen molar-refractivity contribution in [1.29, 1.82) is 0 Å². The number of aryl methyl sites for hydroxylation is 1. The van der Waals surface area contributed by atoms with Gasteiger partial charge in [-0.3, -0.25) is 0 Å². The highest BCUT2D eigenvalue weighted by Gasteiger charge is 2.03. The van der Waals surface area contributed by atoms with E-state index in [2.05, 4.69) is 6.58 Å². The monoisotopic (exact) mass is 182 g/mol. The molecule has 0 aliphatic heterocycles. The van der Waals surface area contributed by atoms with Gasteiger partial charge in [-0.05, 0) is 30.2 Å². The molecule has 2 heteroatoms. The molecule has 1 aromatic carbocycles. The summed E-state index contributed by atoms with van der Waals surface area (Å²) in [6.07, 6.45) is 0.855. The van der Waals surface area contributed by atoms with E-state index in [9.17, 15) is 5.11 Å². The number of hydrogen-bond donors (Lipinski definition) is 1. The summed E-state index contributed by atoms with van der Waals surface area (Å²) in [5, 5.41) is 10.0. The molecule has 1 atom stereocenters. The van der Waals surface area contributed by atoms with Crippen LogP contribution in [-0.2, 0) is 0 Å². The highest BCUT2D eigenvalue weighted by molar-refractivity contribution is 6.30. The Morgan fingerprint density at radius 3 is 2.67 bits per heavy atom. The Morgan fingerprint density at radius 2 is 2.17 bits per heavy atom. The van der Waals surface area contributed by atoms with Gasteiger partial charge < -0.3 is 5.11 Å². The number of rotatable bonds is 2. The van der Waals surface area contributed by atoms with Crippen molar-refractivity contribution < 1.29 is 5.11 Å². The number of aliphatic hydroxyl groups excluding tert-OH is 1. The highest BCUT2D eigenvalue weighted by atomic mass is 35.5. The zero-order valence-electron chi connectivity index (χ0n) is 6.92. The minimum absolute atomic E-state index is 0.623. The Balaban J connectivity index is 3.08. The molecular formula is C10H11ClO. The molecule has 0 spiro atoms. The first-order valence-electron chi connectivity index (χ1n) is 3.71. The molecule has 0 aromatic heterocycles. The fourth-order valence-corrected chi connectivity index (χ4v) is 1.37.